The second-order valence-electron chi connectivity index (χ2n) is 15.0. The van der Waals surface area contributed by atoms with Crippen molar-refractivity contribution in [2.45, 2.75) is 65.1 Å². The number of benzene rings is 5. The highest BCUT2D eigenvalue weighted by molar-refractivity contribution is 6.08. The van der Waals surface area contributed by atoms with E-state index in [1.165, 1.54) is 45.9 Å². The number of ether oxygens (including phenoxy) is 2. The fourth-order valence-corrected chi connectivity index (χ4v) is 6.50. The van der Waals surface area contributed by atoms with E-state index in [2.05, 4.69) is 31.6 Å². The molecule has 17 nitrogen and oxygen atoms in total. The quantitative estimate of drug-likeness (QED) is 0.0663. The Kier molecular flexibility index (Phi) is 15.0. The number of rotatable bonds is 15. The maximum Gasteiger partial charge on any atom is 0.408 e. The number of nitrogens with zero attached hydrogens (tertiary/aromatic N) is 1. The molecule has 1 aliphatic carbocycles. The van der Waals surface area contributed by atoms with Crippen LogP contribution in [0.1, 0.15) is 49.2 Å². The number of aromatic carboxylic acids is 1. The van der Waals surface area contributed by atoms with E-state index < -0.39 is 66.0 Å². The minimum absolute atomic E-state index is 0.00521. The van der Waals surface area contributed by atoms with Gasteiger partial charge in [-0.3, -0.25) is 19.2 Å². The van der Waals surface area contributed by atoms with Crippen LogP contribution >= 0.6 is 0 Å². The third-order valence-electron chi connectivity index (χ3n) is 10.0. The van der Waals surface area contributed by atoms with E-state index in [0.29, 0.717) is 22.1 Å². The van der Waals surface area contributed by atoms with Crippen molar-refractivity contribution in [3.05, 3.63) is 143 Å². The van der Waals surface area contributed by atoms with E-state index in [9.17, 15) is 38.7 Å². The monoisotopic (exact) mass is 882 g/mol. The molecule has 0 fully saturated rings. The summed E-state index contributed by atoms with van der Waals surface area (Å²) in [6, 6.07) is 29.6. The highest BCUT2D eigenvalue weighted by Gasteiger charge is 2.25. The molecule has 0 spiro atoms. The predicted octanol–water partition coefficient (Wildman–Crippen LogP) is 5.91. The van der Waals surface area contributed by atoms with Crippen LogP contribution in [0.3, 0.4) is 0 Å². The number of carbonyl (C=O) groups is 7. The fourth-order valence-electron chi connectivity index (χ4n) is 6.50. The Morgan fingerprint density at radius 1 is 0.585 bits per heavy atom. The Morgan fingerprint density at radius 3 is 1.71 bits per heavy atom. The number of nitrogens with one attached hydrogen (secondary N) is 5. The number of fused-ring (bicyclic) bond motifs is 2. The van der Waals surface area contributed by atoms with E-state index in [4.69, 9.17) is 13.9 Å². The highest BCUT2D eigenvalue weighted by Crippen LogP contribution is 2.41. The molecule has 0 saturated carbocycles. The summed E-state index contributed by atoms with van der Waals surface area (Å²) in [5.41, 5.74) is 3.39. The molecule has 65 heavy (non-hydrogen) atoms. The third kappa shape index (κ3) is 12.2. The van der Waals surface area contributed by atoms with Gasteiger partial charge in [0, 0.05) is 34.3 Å². The van der Waals surface area contributed by atoms with Gasteiger partial charge in [0.25, 0.3) is 5.91 Å². The molecule has 6 N–H and O–H groups in total. The van der Waals surface area contributed by atoms with Gasteiger partial charge in [0.1, 0.15) is 48.7 Å². The number of carboxylic acid groups (broad SMARTS) is 1. The maximum atomic E-state index is 13.3. The molecular formula is C48H46N6O11. The summed E-state index contributed by atoms with van der Waals surface area (Å²) in [5, 5.41) is 23.5. The maximum absolute atomic E-state index is 13.3. The molecule has 4 aromatic carbocycles. The molecule has 0 bridgehead atoms. The average Bonchev–Trinajstić information content (AvgIpc) is 3.29. The first-order valence-electron chi connectivity index (χ1n) is 20.4. The molecule has 0 saturated heterocycles. The van der Waals surface area contributed by atoms with Gasteiger partial charge in [0.2, 0.25) is 17.7 Å². The molecular weight excluding hydrogens is 837 g/mol. The number of hydrogen-bond donors (Lipinski definition) is 6. The first-order valence-corrected chi connectivity index (χ1v) is 20.4. The first kappa shape index (κ1) is 46.2. The van der Waals surface area contributed by atoms with Crippen molar-refractivity contribution < 1.29 is 52.6 Å². The van der Waals surface area contributed by atoms with Gasteiger partial charge in [0.05, 0.1) is 10.9 Å². The largest absolute Gasteiger partial charge is 0.478 e. The van der Waals surface area contributed by atoms with Crippen LogP contribution in [0, 0.1) is 0 Å². The van der Waals surface area contributed by atoms with E-state index in [0.717, 1.165) is 11.1 Å². The van der Waals surface area contributed by atoms with Gasteiger partial charge in [-0.2, -0.15) is 0 Å². The Labute approximate surface area is 372 Å². The molecule has 0 radical (unpaired) electrons. The summed E-state index contributed by atoms with van der Waals surface area (Å²) < 4.78 is 16.7. The lowest BCUT2D eigenvalue weighted by atomic mass is 9.90. The molecule has 334 valence electrons. The van der Waals surface area contributed by atoms with Crippen molar-refractivity contribution in [2.24, 2.45) is 4.99 Å². The Hall–Kier alpha value is -8.34. The summed E-state index contributed by atoms with van der Waals surface area (Å²) >= 11 is 0. The standard InChI is InChI=1S/C48H46N6O11/c1-27(49-42(55)29(3)51-47(61)63-25-31-13-7-5-8-14-31)44(57)53-33-19-21-37-39(23-33)65-40-24-34(20-22-38(40)41(37)35-17-11-12-18-36(35)46(59)60)54-45(58)28(2)50-43(56)30(4)52-48(62)64-26-32-15-9-6-10-16-32/h5-24,27-30H,25-26H2,1-4H3,(H,49,55)(H,50,56)(H,51,61)(H,52,62)(H,53,57)(H,59,60)/t27-,28-,29-,30-/m0/s1. The normalized spacial score (nSPS) is 13.1. The van der Waals surface area contributed by atoms with Gasteiger partial charge < -0.3 is 45.6 Å². The summed E-state index contributed by atoms with van der Waals surface area (Å²) in [5.74, 6) is -3.56. The Balaban J connectivity index is 1.18. The zero-order valence-corrected chi connectivity index (χ0v) is 35.7. The molecule has 0 unspecified atom stereocenters. The molecule has 4 aromatic rings. The van der Waals surface area contributed by atoms with Gasteiger partial charge in [0.15, 0.2) is 0 Å². The molecule has 1 heterocycles. The van der Waals surface area contributed by atoms with Gasteiger partial charge >= 0.3 is 18.2 Å². The zero-order valence-electron chi connectivity index (χ0n) is 35.7. The summed E-state index contributed by atoms with van der Waals surface area (Å²) in [6.45, 7) is 5.80. The second kappa shape index (κ2) is 21.2. The molecule has 6 amide bonds. The van der Waals surface area contributed by atoms with Crippen molar-refractivity contribution in [3.8, 4) is 22.5 Å². The molecule has 0 aromatic heterocycles. The van der Waals surface area contributed by atoms with E-state index >= 15 is 0 Å². The van der Waals surface area contributed by atoms with Crippen LogP contribution in [-0.4, -0.2) is 71.1 Å². The van der Waals surface area contributed by atoms with Crippen LogP contribution in [0.15, 0.2) is 131 Å². The first-order chi connectivity index (χ1) is 31.2. The van der Waals surface area contributed by atoms with Gasteiger partial charge in [-0.1, -0.05) is 78.9 Å². The van der Waals surface area contributed by atoms with Crippen LogP contribution in [0.4, 0.5) is 15.3 Å². The van der Waals surface area contributed by atoms with Crippen LogP contribution < -0.4 is 31.9 Å². The van der Waals surface area contributed by atoms with Gasteiger partial charge in [-0.25, -0.2) is 19.4 Å². The van der Waals surface area contributed by atoms with Gasteiger partial charge in [-0.15, -0.1) is 0 Å². The van der Waals surface area contributed by atoms with Crippen LogP contribution in [-0.2, 0) is 41.9 Å². The van der Waals surface area contributed by atoms with Gasteiger partial charge in [-0.05, 0) is 74.7 Å². The minimum Gasteiger partial charge on any atom is -0.478 e. The molecule has 2 aliphatic rings. The number of carbonyl (C=O) groups excluding carboxylic acids is 6. The minimum atomic E-state index is -1.17. The Morgan fingerprint density at radius 2 is 1.12 bits per heavy atom. The fraction of sp³-hybridized carbons (Fsp3) is 0.208. The zero-order chi connectivity index (χ0) is 46.6. The summed E-state index contributed by atoms with van der Waals surface area (Å²) in [6.07, 6.45) is -1.62. The highest BCUT2D eigenvalue weighted by atomic mass is 16.6. The lowest BCUT2D eigenvalue weighted by molar-refractivity contribution is -0.127. The molecule has 6 rings (SSSR count). The van der Waals surface area contributed by atoms with Crippen molar-refractivity contribution >= 4 is 58.4 Å². The van der Waals surface area contributed by atoms with Crippen LogP contribution in [0.25, 0.3) is 33.4 Å². The molecule has 1 aliphatic heterocycles. The lowest BCUT2D eigenvalue weighted by Gasteiger charge is -2.19. The number of hydrogen-bond acceptors (Lipinski definition) is 10. The van der Waals surface area contributed by atoms with Crippen LogP contribution in [0.5, 0.6) is 0 Å². The smallest absolute Gasteiger partial charge is 0.408 e. The number of anilines is 1. The van der Waals surface area contributed by atoms with E-state index in [1.54, 1.807) is 91.0 Å². The molecule has 4 atom stereocenters. The van der Waals surface area contributed by atoms with E-state index in [-0.39, 0.29) is 41.2 Å². The number of alkyl carbamates (subject to hydrolysis) is 2. The topological polar surface area (TPSA) is 244 Å². The molecule has 17 heteroatoms. The van der Waals surface area contributed by atoms with Crippen LogP contribution in [0.2, 0.25) is 0 Å². The van der Waals surface area contributed by atoms with E-state index in [1.807, 2.05) is 12.1 Å². The third-order valence-corrected chi connectivity index (χ3v) is 10.0. The van der Waals surface area contributed by atoms with Crippen molar-refractivity contribution in [3.63, 3.8) is 0 Å². The summed E-state index contributed by atoms with van der Waals surface area (Å²) in [7, 11) is 0. The van der Waals surface area contributed by atoms with Crippen molar-refractivity contribution in [1.82, 2.24) is 21.3 Å². The lowest BCUT2D eigenvalue weighted by Crippen LogP contribution is -2.50. The number of carboxylic acids is 1. The SMILES string of the molecule is C[C@H](NC(=O)[C@H](C)NC(=O)OCc1ccccc1)C(=O)N=c1ccc2c(-c3ccccc3C(=O)O)c3ccc(NC(=O)[C@H](C)NC(=O)[C@H](C)NC(=O)OCc4ccccc4)cc3oc-2c1. The van der Waals surface area contributed by atoms with Crippen molar-refractivity contribution in [1.29, 1.82) is 0 Å². The summed E-state index contributed by atoms with van der Waals surface area (Å²) in [4.78, 5) is 93.5. The Bertz CT molecular complexity index is 2780. The van der Waals surface area contributed by atoms with Crippen molar-refractivity contribution in [2.75, 3.05) is 5.32 Å². The number of amides is 6. The predicted molar refractivity (Wildman–Crippen MR) is 238 cm³/mol. The second-order valence-corrected chi connectivity index (χ2v) is 15.0. The average molecular weight is 883 g/mol.